The Balaban J connectivity index is 1.41. The van der Waals surface area contributed by atoms with E-state index in [9.17, 15) is 0 Å². The fourth-order valence-corrected chi connectivity index (χ4v) is 6.39. The first-order valence-corrected chi connectivity index (χ1v) is 13.9. The number of nitrogens with zero attached hydrogens (tertiary/aromatic N) is 4. The maximum atomic E-state index is 2.40. The van der Waals surface area contributed by atoms with Crippen LogP contribution in [-0.2, 0) is 19.8 Å². The number of benzene rings is 4. The molecule has 2 heterocycles. The molecule has 0 spiro atoms. The molecule has 4 heteroatoms. The lowest BCUT2D eigenvalue weighted by molar-refractivity contribution is -0.890. The molecule has 0 amide bonds. The Morgan fingerprint density at radius 1 is 0.513 bits per heavy atom. The highest BCUT2D eigenvalue weighted by molar-refractivity contribution is 5.72. The number of aromatic nitrogens is 4. The molecular weight excluding hydrogens is 476 g/mol. The highest BCUT2D eigenvalue weighted by Gasteiger charge is 2.22. The standard InChI is InChI=1S/C35H38N4/c1-24-15-26(3)30(27(4)16-24)19-36-21-38(34-13-9-7-11-32(34)36)23-39-22-37(33-12-8-10-14-35(33)39)20-31-28(5)17-25(2)18-29(31)6/h7-18,21-22H,19-20,23H2,1-6H3/q+2. The molecule has 6 aromatic rings. The highest BCUT2D eigenvalue weighted by Crippen LogP contribution is 2.22. The molecule has 4 aromatic carbocycles. The van der Waals surface area contributed by atoms with Gasteiger partial charge in [-0.1, -0.05) is 59.7 Å². The van der Waals surface area contributed by atoms with Crippen LogP contribution in [-0.4, -0.2) is 9.13 Å². The highest BCUT2D eigenvalue weighted by atomic mass is 15.3. The van der Waals surface area contributed by atoms with E-state index in [1.807, 2.05) is 0 Å². The largest absolute Gasteiger partial charge is 0.248 e. The molecule has 0 radical (unpaired) electrons. The average molecular weight is 515 g/mol. The monoisotopic (exact) mass is 514 g/mol. The third-order valence-corrected chi connectivity index (χ3v) is 8.20. The van der Waals surface area contributed by atoms with Crippen LogP contribution in [0.3, 0.4) is 0 Å². The van der Waals surface area contributed by atoms with Crippen LogP contribution >= 0.6 is 0 Å². The lowest BCUT2D eigenvalue weighted by atomic mass is 10.00. The number of hydrogen-bond donors (Lipinski definition) is 0. The Bertz CT molecular complexity index is 1670. The quantitative estimate of drug-likeness (QED) is 0.222. The summed E-state index contributed by atoms with van der Waals surface area (Å²) >= 11 is 0. The van der Waals surface area contributed by atoms with Crippen LogP contribution in [0.4, 0.5) is 0 Å². The summed E-state index contributed by atoms with van der Waals surface area (Å²) in [6.07, 6.45) is 4.58. The zero-order valence-corrected chi connectivity index (χ0v) is 24.0. The Morgan fingerprint density at radius 2 is 0.872 bits per heavy atom. The van der Waals surface area contributed by atoms with E-state index >= 15 is 0 Å². The van der Waals surface area contributed by atoms with E-state index in [-0.39, 0.29) is 0 Å². The van der Waals surface area contributed by atoms with Crippen molar-refractivity contribution in [3.05, 3.63) is 130 Å². The van der Waals surface area contributed by atoms with E-state index < -0.39 is 0 Å². The predicted molar refractivity (Wildman–Crippen MR) is 159 cm³/mol. The van der Waals surface area contributed by atoms with Crippen LogP contribution in [0.5, 0.6) is 0 Å². The minimum absolute atomic E-state index is 0.749. The fourth-order valence-electron chi connectivity index (χ4n) is 6.39. The third-order valence-electron chi connectivity index (χ3n) is 8.20. The van der Waals surface area contributed by atoms with Crippen molar-refractivity contribution in [3.63, 3.8) is 0 Å². The zero-order valence-electron chi connectivity index (χ0n) is 24.0. The van der Waals surface area contributed by atoms with Gasteiger partial charge in [-0.2, -0.15) is 9.13 Å². The van der Waals surface area contributed by atoms with Gasteiger partial charge in [-0.25, -0.2) is 9.13 Å². The molecule has 6 rings (SSSR count). The van der Waals surface area contributed by atoms with Gasteiger partial charge in [0.2, 0.25) is 19.3 Å². The summed E-state index contributed by atoms with van der Waals surface area (Å²) in [7, 11) is 0. The first kappa shape index (κ1) is 25.1. The second kappa shape index (κ2) is 9.85. The maximum absolute atomic E-state index is 2.40. The zero-order chi connectivity index (χ0) is 27.3. The summed E-state index contributed by atoms with van der Waals surface area (Å²) < 4.78 is 9.57. The SMILES string of the molecule is Cc1cc(C)c(Cn2c[n+](C[n+]3cn(Cc4c(C)cc(C)cc4C)c4ccccc43)c3ccccc32)c(C)c1. The van der Waals surface area contributed by atoms with Crippen molar-refractivity contribution in [2.45, 2.75) is 61.3 Å². The molecule has 4 nitrogen and oxygen atoms in total. The van der Waals surface area contributed by atoms with E-state index in [0.29, 0.717) is 0 Å². The average Bonchev–Trinajstić information content (AvgIpc) is 3.42. The molecule has 0 aliphatic rings. The summed E-state index contributed by atoms with van der Waals surface area (Å²) in [6.45, 7) is 15.8. The first-order chi connectivity index (χ1) is 18.8. The summed E-state index contributed by atoms with van der Waals surface area (Å²) in [5, 5.41) is 0. The summed E-state index contributed by atoms with van der Waals surface area (Å²) in [6, 6.07) is 26.7. The van der Waals surface area contributed by atoms with Crippen molar-refractivity contribution in [3.8, 4) is 0 Å². The smallest absolute Gasteiger partial charge is 0.225 e. The molecular formula is C35H38N4+2. The van der Waals surface area contributed by atoms with Crippen molar-refractivity contribution in [2.75, 3.05) is 0 Å². The van der Waals surface area contributed by atoms with Gasteiger partial charge < -0.3 is 0 Å². The van der Waals surface area contributed by atoms with Gasteiger partial charge in [0.1, 0.15) is 13.1 Å². The Hall–Kier alpha value is -4.18. The molecule has 0 aliphatic carbocycles. The van der Waals surface area contributed by atoms with Gasteiger partial charge in [-0.05, 0) is 99.2 Å². The van der Waals surface area contributed by atoms with Crippen molar-refractivity contribution in [1.82, 2.24) is 9.13 Å². The van der Waals surface area contributed by atoms with E-state index in [2.05, 4.69) is 145 Å². The van der Waals surface area contributed by atoms with Gasteiger partial charge >= 0.3 is 0 Å². The Kier molecular flexibility index (Phi) is 6.34. The molecule has 0 saturated heterocycles. The van der Waals surface area contributed by atoms with Crippen LogP contribution < -0.4 is 9.13 Å². The van der Waals surface area contributed by atoms with E-state index in [4.69, 9.17) is 0 Å². The second-order valence-electron chi connectivity index (χ2n) is 11.3. The fraction of sp³-hybridized carbons (Fsp3) is 0.257. The van der Waals surface area contributed by atoms with Crippen LogP contribution in [0.2, 0.25) is 0 Å². The lowest BCUT2D eigenvalue weighted by Crippen LogP contribution is -2.50. The molecule has 0 bridgehead atoms. The van der Waals surface area contributed by atoms with E-state index in [1.165, 1.54) is 66.6 Å². The summed E-state index contributed by atoms with van der Waals surface area (Å²) in [4.78, 5) is 0. The lowest BCUT2D eigenvalue weighted by Gasteiger charge is -2.09. The Morgan fingerprint density at radius 3 is 1.26 bits per heavy atom. The second-order valence-corrected chi connectivity index (χ2v) is 11.3. The molecule has 39 heavy (non-hydrogen) atoms. The van der Waals surface area contributed by atoms with Gasteiger partial charge in [0, 0.05) is 0 Å². The Labute approximate surface area is 231 Å². The topological polar surface area (TPSA) is 17.6 Å². The van der Waals surface area contributed by atoms with Crippen LogP contribution in [0.15, 0.2) is 85.5 Å². The van der Waals surface area contributed by atoms with Crippen molar-refractivity contribution in [1.29, 1.82) is 0 Å². The van der Waals surface area contributed by atoms with E-state index in [0.717, 1.165) is 19.8 Å². The van der Waals surface area contributed by atoms with Gasteiger partial charge in [0.15, 0.2) is 22.1 Å². The predicted octanol–water partition coefficient (Wildman–Crippen LogP) is 6.62. The third kappa shape index (κ3) is 4.65. The molecule has 0 aliphatic heterocycles. The maximum Gasteiger partial charge on any atom is 0.248 e. The van der Waals surface area contributed by atoms with Gasteiger partial charge in [0.05, 0.1) is 0 Å². The van der Waals surface area contributed by atoms with Crippen molar-refractivity contribution >= 4 is 22.1 Å². The number of hydrogen-bond acceptors (Lipinski definition) is 0. The molecule has 2 aromatic heterocycles. The number of aryl methyl sites for hydroxylation is 6. The summed E-state index contributed by atoms with van der Waals surface area (Å²) in [5.74, 6) is 0. The molecule has 0 N–H and O–H groups in total. The normalized spacial score (nSPS) is 11.6. The van der Waals surface area contributed by atoms with E-state index in [1.54, 1.807) is 0 Å². The van der Waals surface area contributed by atoms with Gasteiger partial charge in [0.25, 0.3) is 0 Å². The van der Waals surface area contributed by atoms with Crippen LogP contribution in [0, 0.1) is 41.5 Å². The first-order valence-electron chi connectivity index (χ1n) is 13.9. The number of rotatable bonds is 6. The van der Waals surface area contributed by atoms with Crippen LogP contribution in [0.1, 0.15) is 44.5 Å². The molecule has 0 fully saturated rings. The molecule has 0 atom stereocenters. The summed E-state index contributed by atoms with van der Waals surface area (Å²) in [5.41, 5.74) is 15.9. The van der Waals surface area contributed by atoms with Crippen molar-refractivity contribution in [2.24, 2.45) is 0 Å². The van der Waals surface area contributed by atoms with Gasteiger partial charge in [-0.3, -0.25) is 0 Å². The van der Waals surface area contributed by atoms with Gasteiger partial charge in [-0.15, -0.1) is 0 Å². The molecule has 0 saturated carbocycles. The molecule has 196 valence electrons. The minimum Gasteiger partial charge on any atom is -0.225 e. The van der Waals surface area contributed by atoms with Crippen molar-refractivity contribution < 1.29 is 9.13 Å². The number of para-hydroxylation sites is 4. The molecule has 0 unspecified atom stereocenters. The number of imidazole rings is 2. The van der Waals surface area contributed by atoms with Crippen LogP contribution in [0.25, 0.3) is 22.1 Å². The number of fused-ring (bicyclic) bond motifs is 2. The minimum atomic E-state index is 0.749.